The van der Waals surface area contributed by atoms with Crippen LogP contribution in [0.1, 0.15) is 17.4 Å². The summed E-state index contributed by atoms with van der Waals surface area (Å²) in [5.41, 5.74) is -0.108. The third kappa shape index (κ3) is 2.17. The second-order valence-electron chi connectivity index (χ2n) is 3.74. The van der Waals surface area contributed by atoms with Gasteiger partial charge in [0.1, 0.15) is 6.04 Å². The first kappa shape index (κ1) is 11.3. The summed E-state index contributed by atoms with van der Waals surface area (Å²) in [5, 5.41) is 18.9. The Hall–Kier alpha value is -2.18. The molecule has 0 saturated carbocycles. The Balaban J connectivity index is 2.22. The number of hydrogen-bond donors (Lipinski definition) is 2. The molecule has 7 nitrogen and oxygen atoms in total. The molecule has 0 bridgehead atoms. The molecule has 0 aliphatic carbocycles. The summed E-state index contributed by atoms with van der Waals surface area (Å²) in [6.45, 7) is 2.95. The first-order valence-corrected chi connectivity index (χ1v) is 5.21. The van der Waals surface area contributed by atoms with Crippen LogP contribution in [0.2, 0.25) is 0 Å². The van der Waals surface area contributed by atoms with Crippen molar-refractivity contribution in [3.8, 4) is 0 Å². The first-order valence-electron chi connectivity index (χ1n) is 5.21. The van der Waals surface area contributed by atoms with E-state index in [1.54, 1.807) is 17.9 Å². The van der Waals surface area contributed by atoms with Gasteiger partial charge in [0, 0.05) is 13.1 Å². The zero-order valence-corrected chi connectivity index (χ0v) is 9.25. The lowest BCUT2D eigenvalue weighted by molar-refractivity contribution is -0.122. The van der Waals surface area contributed by atoms with E-state index in [2.05, 4.69) is 15.5 Å². The van der Waals surface area contributed by atoms with Gasteiger partial charge in [0.15, 0.2) is 11.5 Å². The van der Waals surface area contributed by atoms with Crippen LogP contribution < -0.4 is 10.2 Å². The number of hydrogen-bond acceptors (Lipinski definition) is 5. The van der Waals surface area contributed by atoms with Crippen LogP contribution in [-0.4, -0.2) is 46.3 Å². The third-order valence-electron chi connectivity index (χ3n) is 2.66. The van der Waals surface area contributed by atoms with Gasteiger partial charge in [-0.3, -0.25) is 4.79 Å². The minimum atomic E-state index is -1.12. The Labute approximate surface area is 97.4 Å². The number of nitrogens with zero attached hydrogens (tertiary/aromatic N) is 3. The van der Waals surface area contributed by atoms with Crippen molar-refractivity contribution >= 4 is 17.7 Å². The highest BCUT2D eigenvalue weighted by atomic mass is 16.4. The summed E-state index contributed by atoms with van der Waals surface area (Å²) in [7, 11) is 0. The van der Waals surface area contributed by atoms with Gasteiger partial charge in [-0.2, -0.15) is 0 Å². The fourth-order valence-electron chi connectivity index (χ4n) is 1.69. The van der Waals surface area contributed by atoms with Crippen LogP contribution in [0.5, 0.6) is 0 Å². The maximum absolute atomic E-state index is 11.5. The Morgan fingerprint density at radius 3 is 2.88 bits per heavy atom. The maximum Gasteiger partial charge on any atom is 0.356 e. The summed E-state index contributed by atoms with van der Waals surface area (Å²) < 4.78 is 0. The molecule has 7 heteroatoms. The average Bonchev–Trinajstić information content (AvgIpc) is 2.33. The smallest absolute Gasteiger partial charge is 0.356 e. The number of carbonyl (C=O) groups is 2. The minimum absolute atomic E-state index is 0.0691. The van der Waals surface area contributed by atoms with Crippen LogP contribution in [0.25, 0.3) is 0 Å². The SMILES string of the molecule is CC1C(=O)NCCN1c1ccc(C(=O)O)nn1. The van der Waals surface area contributed by atoms with Crippen molar-refractivity contribution in [1.29, 1.82) is 0 Å². The van der Waals surface area contributed by atoms with Crippen molar-refractivity contribution in [2.75, 3.05) is 18.0 Å². The molecule has 0 spiro atoms. The Morgan fingerprint density at radius 1 is 1.53 bits per heavy atom. The van der Waals surface area contributed by atoms with E-state index in [-0.39, 0.29) is 17.6 Å². The average molecular weight is 236 g/mol. The highest BCUT2D eigenvalue weighted by molar-refractivity contribution is 5.86. The summed E-state index contributed by atoms with van der Waals surface area (Å²) in [6, 6.07) is 2.61. The van der Waals surface area contributed by atoms with Crippen molar-refractivity contribution in [3.63, 3.8) is 0 Å². The van der Waals surface area contributed by atoms with Gasteiger partial charge >= 0.3 is 5.97 Å². The normalized spacial score (nSPS) is 19.9. The number of carboxylic acid groups (broad SMARTS) is 1. The van der Waals surface area contributed by atoms with Gasteiger partial charge in [0.2, 0.25) is 5.91 Å². The van der Waals surface area contributed by atoms with E-state index in [1.165, 1.54) is 6.07 Å². The molecule has 0 aromatic carbocycles. The van der Waals surface area contributed by atoms with Crippen molar-refractivity contribution in [2.24, 2.45) is 0 Å². The molecule has 2 N–H and O–H groups in total. The Kier molecular flexibility index (Phi) is 2.90. The van der Waals surface area contributed by atoms with E-state index in [1.807, 2.05) is 0 Å². The lowest BCUT2D eigenvalue weighted by Crippen LogP contribution is -2.54. The molecular weight excluding hydrogens is 224 g/mol. The number of carbonyl (C=O) groups excluding carboxylic acids is 1. The van der Waals surface area contributed by atoms with E-state index < -0.39 is 5.97 Å². The van der Waals surface area contributed by atoms with Gasteiger partial charge in [-0.25, -0.2) is 4.79 Å². The van der Waals surface area contributed by atoms with Gasteiger partial charge in [0.25, 0.3) is 0 Å². The third-order valence-corrected chi connectivity index (χ3v) is 2.66. The van der Waals surface area contributed by atoms with Crippen molar-refractivity contribution in [1.82, 2.24) is 15.5 Å². The molecule has 1 saturated heterocycles. The molecule has 17 heavy (non-hydrogen) atoms. The zero-order valence-electron chi connectivity index (χ0n) is 9.25. The van der Waals surface area contributed by atoms with E-state index in [0.717, 1.165) is 0 Å². The number of nitrogens with one attached hydrogen (secondary N) is 1. The van der Waals surface area contributed by atoms with Crippen molar-refractivity contribution in [2.45, 2.75) is 13.0 Å². The second kappa shape index (κ2) is 4.36. The van der Waals surface area contributed by atoms with Crippen LogP contribution in [0, 0.1) is 0 Å². The van der Waals surface area contributed by atoms with Crippen LogP contribution in [0.15, 0.2) is 12.1 Å². The van der Waals surface area contributed by atoms with E-state index in [4.69, 9.17) is 5.11 Å². The fraction of sp³-hybridized carbons (Fsp3) is 0.400. The minimum Gasteiger partial charge on any atom is -0.476 e. The van der Waals surface area contributed by atoms with E-state index >= 15 is 0 Å². The molecule has 2 heterocycles. The molecule has 1 unspecified atom stereocenters. The number of anilines is 1. The quantitative estimate of drug-likeness (QED) is 0.718. The van der Waals surface area contributed by atoms with E-state index in [0.29, 0.717) is 18.9 Å². The molecule has 1 atom stereocenters. The number of aromatic carboxylic acids is 1. The number of rotatable bonds is 2. The monoisotopic (exact) mass is 236 g/mol. The number of aromatic nitrogens is 2. The predicted octanol–water partition coefficient (Wildman–Crippen LogP) is -0.500. The summed E-state index contributed by atoms with van der Waals surface area (Å²) >= 11 is 0. The lowest BCUT2D eigenvalue weighted by Gasteiger charge is -2.33. The van der Waals surface area contributed by atoms with Gasteiger partial charge in [-0.05, 0) is 19.1 Å². The highest BCUT2D eigenvalue weighted by Crippen LogP contribution is 2.15. The zero-order chi connectivity index (χ0) is 12.4. The molecule has 0 radical (unpaired) electrons. The van der Waals surface area contributed by atoms with Gasteiger partial charge in [-0.15, -0.1) is 10.2 Å². The largest absolute Gasteiger partial charge is 0.476 e. The van der Waals surface area contributed by atoms with Crippen LogP contribution in [0.4, 0.5) is 5.82 Å². The molecule has 2 rings (SSSR count). The maximum atomic E-state index is 11.5. The summed E-state index contributed by atoms with van der Waals surface area (Å²) in [4.78, 5) is 23.9. The lowest BCUT2D eigenvalue weighted by atomic mass is 10.2. The van der Waals surface area contributed by atoms with Crippen LogP contribution >= 0.6 is 0 Å². The second-order valence-corrected chi connectivity index (χ2v) is 3.74. The molecule has 1 fully saturated rings. The van der Waals surface area contributed by atoms with Gasteiger partial charge in [0.05, 0.1) is 0 Å². The Morgan fingerprint density at radius 2 is 2.29 bits per heavy atom. The fourth-order valence-corrected chi connectivity index (χ4v) is 1.69. The standard InChI is InChI=1S/C10H12N4O3/c1-6-9(15)11-4-5-14(6)8-3-2-7(10(16)17)12-13-8/h2-3,6H,4-5H2,1H3,(H,11,15)(H,16,17). The number of carboxylic acids is 1. The molecule has 1 aliphatic rings. The Bertz CT molecular complexity index is 445. The predicted molar refractivity (Wildman–Crippen MR) is 58.8 cm³/mol. The number of amides is 1. The van der Waals surface area contributed by atoms with Crippen molar-refractivity contribution in [3.05, 3.63) is 17.8 Å². The molecule has 90 valence electrons. The summed E-state index contributed by atoms with van der Waals surface area (Å²) in [6.07, 6.45) is 0. The van der Waals surface area contributed by atoms with Crippen molar-refractivity contribution < 1.29 is 14.7 Å². The summed E-state index contributed by atoms with van der Waals surface area (Å²) in [5.74, 6) is -0.675. The van der Waals surface area contributed by atoms with Gasteiger partial charge in [-0.1, -0.05) is 0 Å². The highest BCUT2D eigenvalue weighted by Gasteiger charge is 2.26. The van der Waals surface area contributed by atoms with Crippen LogP contribution in [-0.2, 0) is 4.79 Å². The molecule has 1 aliphatic heterocycles. The molecule has 1 amide bonds. The molecular formula is C10H12N4O3. The first-order chi connectivity index (χ1) is 8.09. The van der Waals surface area contributed by atoms with Gasteiger partial charge < -0.3 is 15.3 Å². The van der Waals surface area contributed by atoms with Crippen LogP contribution in [0.3, 0.4) is 0 Å². The topological polar surface area (TPSA) is 95.4 Å². The molecule has 1 aromatic heterocycles. The number of piperazine rings is 1. The van der Waals surface area contributed by atoms with E-state index in [9.17, 15) is 9.59 Å². The molecule has 1 aromatic rings.